The highest BCUT2D eigenvalue weighted by molar-refractivity contribution is 7.21. The monoisotopic (exact) mass is 492 g/mol. The molecule has 12 heteroatoms. The number of amides is 1. The van der Waals surface area contributed by atoms with Gasteiger partial charge < -0.3 is 20.4 Å². The molecule has 0 bridgehead atoms. The van der Waals surface area contributed by atoms with Gasteiger partial charge in [0.25, 0.3) is 5.56 Å². The Morgan fingerprint density at radius 3 is 3.06 bits per heavy atom. The molecule has 0 spiro atoms. The maximum atomic E-state index is 13.1. The molecule has 180 valence electrons. The van der Waals surface area contributed by atoms with E-state index in [1.165, 1.54) is 11.3 Å². The van der Waals surface area contributed by atoms with E-state index >= 15 is 0 Å². The van der Waals surface area contributed by atoms with Crippen LogP contribution in [0, 0.1) is 5.92 Å². The average Bonchev–Trinajstić information content (AvgIpc) is 3.51. The summed E-state index contributed by atoms with van der Waals surface area (Å²) in [5.41, 5.74) is 2.75. The van der Waals surface area contributed by atoms with Crippen molar-refractivity contribution >= 4 is 49.7 Å². The molecular formula is C23H24N8O3S. The van der Waals surface area contributed by atoms with Gasteiger partial charge in [0, 0.05) is 19.2 Å². The molecule has 0 saturated heterocycles. The third kappa shape index (κ3) is 3.84. The number of hydrogen-bond donors (Lipinski definition) is 3. The van der Waals surface area contributed by atoms with Crippen LogP contribution in [0.25, 0.3) is 37.2 Å². The number of carbonyl (C=O) groups is 1. The topological polar surface area (TPSA) is 131 Å². The predicted molar refractivity (Wildman–Crippen MR) is 134 cm³/mol. The number of anilines is 1. The normalized spacial score (nSPS) is 13.6. The van der Waals surface area contributed by atoms with Crippen LogP contribution >= 0.6 is 11.3 Å². The Morgan fingerprint density at radius 2 is 2.20 bits per heavy atom. The Labute approximate surface area is 203 Å². The number of aromatic amines is 1. The smallest absolute Gasteiger partial charge is 0.261 e. The Kier molecular flexibility index (Phi) is 5.26. The predicted octanol–water partition coefficient (Wildman–Crippen LogP) is 2.62. The van der Waals surface area contributed by atoms with E-state index < -0.39 is 0 Å². The lowest BCUT2D eigenvalue weighted by molar-refractivity contribution is -0.115. The minimum atomic E-state index is -0.256. The van der Waals surface area contributed by atoms with E-state index in [0.29, 0.717) is 40.1 Å². The summed E-state index contributed by atoms with van der Waals surface area (Å²) in [6.45, 7) is 6.61. The van der Waals surface area contributed by atoms with Crippen LogP contribution in [0.4, 0.5) is 5.69 Å². The molecule has 0 aromatic carbocycles. The molecule has 0 saturated carbocycles. The molecule has 0 aliphatic carbocycles. The third-order valence-electron chi connectivity index (χ3n) is 5.83. The van der Waals surface area contributed by atoms with E-state index in [1.807, 2.05) is 10.9 Å². The number of ether oxygens (including phenoxy) is 1. The van der Waals surface area contributed by atoms with E-state index in [0.717, 1.165) is 40.7 Å². The molecule has 1 amide bonds. The number of aromatic nitrogens is 6. The van der Waals surface area contributed by atoms with Crippen LogP contribution in [0.5, 0.6) is 5.88 Å². The molecule has 1 aliphatic rings. The standard InChI is InChI=1S/C23H24N8O3S/c1-12(2)7-24-10-17(32)27-13-6-15-19(25-8-13)20-18(21(33)28-15)23-31(29-20)11-16(35-23)14-9-26-30-4-3-5-34-22(14)30/h6,8-9,11-12,24H,3-5,7,10H2,1-2H3,(H,27,32)(H,28,33). The second-order valence-corrected chi connectivity index (χ2v) is 10.0. The molecule has 0 radical (unpaired) electrons. The van der Waals surface area contributed by atoms with Gasteiger partial charge in [0.1, 0.15) is 21.3 Å². The van der Waals surface area contributed by atoms with Crippen molar-refractivity contribution in [1.29, 1.82) is 0 Å². The summed E-state index contributed by atoms with van der Waals surface area (Å²) in [6.07, 6.45) is 6.20. The highest BCUT2D eigenvalue weighted by Crippen LogP contribution is 2.38. The van der Waals surface area contributed by atoms with E-state index in [4.69, 9.17) is 4.74 Å². The molecule has 5 aromatic rings. The molecule has 0 atom stereocenters. The number of rotatable bonds is 6. The summed E-state index contributed by atoms with van der Waals surface area (Å²) in [5, 5.41) is 15.5. The number of H-pyrrole nitrogens is 1. The summed E-state index contributed by atoms with van der Waals surface area (Å²) >= 11 is 1.46. The molecule has 35 heavy (non-hydrogen) atoms. The third-order valence-corrected chi connectivity index (χ3v) is 6.96. The molecule has 3 N–H and O–H groups in total. The van der Waals surface area contributed by atoms with Gasteiger partial charge in [-0.1, -0.05) is 13.8 Å². The molecule has 0 fully saturated rings. The van der Waals surface area contributed by atoms with Crippen LogP contribution in [0.1, 0.15) is 20.3 Å². The van der Waals surface area contributed by atoms with Crippen LogP contribution < -0.4 is 20.9 Å². The summed E-state index contributed by atoms with van der Waals surface area (Å²) in [5.74, 6) is 1.04. The lowest BCUT2D eigenvalue weighted by Gasteiger charge is -2.15. The summed E-state index contributed by atoms with van der Waals surface area (Å²) in [4.78, 5) is 34.3. The van der Waals surface area contributed by atoms with Gasteiger partial charge in [0.05, 0.1) is 47.2 Å². The molecule has 0 unspecified atom stereocenters. The fraction of sp³-hybridized carbons (Fsp3) is 0.348. The summed E-state index contributed by atoms with van der Waals surface area (Å²) < 4.78 is 9.40. The zero-order valence-corrected chi connectivity index (χ0v) is 20.1. The van der Waals surface area contributed by atoms with Crippen molar-refractivity contribution in [2.75, 3.05) is 25.0 Å². The van der Waals surface area contributed by atoms with Crippen molar-refractivity contribution in [1.82, 2.24) is 34.7 Å². The first kappa shape index (κ1) is 21.7. The SMILES string of the molecule is CC(C)CNCC(=O)Nc1cnc2c(c1)[nH]c(=O)c1c2nn2cc(-c3cnn4c3OCCC4)sc12. The first-order valence-corrected chi connectivity index (χ1v) is 12.3. The van der Waals surface area contributed by atoms with Crippen molar-refractivity contribution in [3.05, 3.63) is 35.0 Å². The molecule has 5 aromatic heterocycles. The number of fused-ring (bicyclic) bond motifs is 6. The minimum absolute atomic E-state index is 0.170. The van der Waals surface area contributed by atoms with Crippen molar-refractivity contribution in [3.8, 4) is 16.3 Å². The number of carbonyl (C=O) groups excluding carboxylic acids is 1. The first-order valence-electron chi connectivity index (χ1n) is 11.5. The van der Waals surface area contributed by atoms with Gasteiger partial charge in [0.15, 0.2) is 0 Å². The number of thiazole rings is 1. The largest absolute Gasteiger partial charge is 0.477 e. The fourth-order valence-electron chi connectivity index (χ4n) is 4.26. The molecule has 11 nitrogen and oxygen atoms in total. The van der Waals surface area contributed by atoms with Crippen molar-refractivity contribution in [2.24, 2.45) is 5.92 Å². The number of nitrogens with zero attached hydrogens (tertiary/aromatic N) is 5. The van der Waals surface area contributed by atoms with Crippen molar-refractivity contribution in [2.45, 2.75) is 26.8 Å². The average molecular weight is 493 g/mol. The van der Waals surface area contributed by atoms with Crippen LogP contribution in [0.3, 0.4) is 0 Å². The van der Waals surface area contributed by atoms with Gasteiger partial charge >= 0.3 is 0 Å². The van der Waals surface area contributed by atoms with Gasteiger partial charge in [-0.2, -0.15) is 10.2 Å². The first-order chi connectivity index (χ1) is 17.0. The zero-order chi connectivity index (χ0) is 24.1. The number of hydrogen-bond acceptors (Lipinski definition) is 8. The van der Waals surface area contributed by atoms with E-state index in [-0.39, 0.29) is 18.0 Å². The van der Waals surface area contributed by atoms with Crippen LogP contribution in [0.15, 0.2) is 29.5 Å². The zero-order valence-electron chi connectivity index (χ0n) is 19.3. The summed E-state index contributed by atoms with van der Waals surface area (Å²) in [7, 11) is 0. The lowest BCUT2D eigenvalue weighted by atomic mass is 10.2. The molecule has 6 heterocycles. The molecule has 6 rings (SSSR count). The van der Waals surface area contributed by atoms with Gasteiger partial charge in [-0.15, -0.1) is 11.3 Å². The Bertz CT molecular complexity index is 1640. The van der Waals surface area contributed by atoms with Crippen LogP contribution in [-0.2, 0) is 11.3 Å². The van der Waals surface area contributed by atoms with Gasteiger partial charge in [-0.3, -0.25) is 14.6 Å². The second kappa shape index (κ2) is 8.47. The van der Waals surface area contributed by atoms with E-state index in [9.17, 15) is 9.59 Å². The number of aryl methyl sites for hydroxylation is 1. The maximum Gasteiger partial charge on any atom is 0.261 e. The van der Waals surface area contributed by atoms with Crippen LogP contribution in [-0.4, -0.2) is 55.0 Å². The maximum absolute atomic E-state index is 13.1. The minimum Gasteiger partial charge on any atom is -0.477 e. The van der Waals surface area contributed by atoms with E-state index in [1.54, 1.807) is 23.0 Å². The Morgan fingerprint density at radius 1 is 1.31 bits per heavy atom. The quantitative estimate of drug-likeness (QED) is 0.332. The van der Waals surface area contributed by atoms with E-state index in [2.05, 4.69) is 44.6 Å². The fourth-order valence-corrected chi connectivity index (χ4v) is 5.35. The van der Waals surface area contributed by atoms with Gasteiger partial charge in [-0.25, -0.2) is 9.20 Å². The Hall–Kier alpha value is -3.77. The lowest BCUT2D eigenvalue weighted by Crippen LogP contribution is -2.30. The second-order valence-electron chi connectivity index (χ2n) is 9.00. The van der Waals surface area contributed by atoms with Gasteiger partial charge in [-0.05, 0) is 18.5 Å². The van der Waals surface area contributed by atoms with Gasteiger partial charge in [0.2, 0.25) is 11.8 Å². The summed E-state index contributed by atoms with van der Waals surface area (Å²) in [6, 6.07) is 1.71. The van der Waals surface area contributed by atoms with Crippen molar-refractivity contribution < 1.29 is 9.53 Å². The highest BCUT2D eigenvalue weighted by Gasteiger charge is 2.22. The number of pyridine rings is 2. The van der Waals surface area contributed by atoms with Crippen molar-refractivity contribution in [3.63, 3.8) is 0 Å². The Balaban J connectivity index is 1.34. The van der Waals surface area contributed by atoms with Crippen LogP contribution in [0.2, 0.25) is 0 Å². The highest BCUT2D eigenvalue weighted by atomic mass is 32.1. The number of nitrogens with one attached hydrogen (secondary N) is 3. The molecule has 1 aliphatic heterocycles. The molecular weight excluding hydrogens is 468 g/mol.